The van der Waals surface area contributed by atoms with Crippen molar-refractivity contribution < 1.29 is 0 Å². The largest absolute Gasteiger partial charge is 0.377 e. The Balaban J connectivity index is 2.04. The minimum Gasteiger partial charge on any atom is -0.377 e. The highest BCUT2D eigenvalue weighted by molar-refractivity contribution is 5.46. The summed E-state index contributed by atoms with van der Waals surface area (Å²) in [5, 5.41) is 10.4. The van der Waals surface area contributed by atoms with Crippen LogP contribution in [0.4, 0.5) is 5.69 Å². The van der Waals surface area contributed by atoms with Gasteiger partial charge in [-0.3, -0.25) is 5.10 Å². The number of anilines is 1. The van der Waals surface area contributed by atoms with Gasteiger partial charge in [-0.2, -0.15) is 5.10 Å². The van der Waals surface area contributed by atoms with Gasteiger partial charge < -0.3 is 5.32 Å². The van der Waals surface area contributed by atoms with Gasteiger partial charge >= 0.3 is 0 Å². The standard InChI is InChI=1S/C14H19N3/c1-10(2)12-4-6-13(7-5-12)16-11(3)14-8-9-15-17-14/h4-11,16H,1-3H3,(H,15,17). The van der Waals surface area contributed by atoms with Crippen molar-refractivity contribution in [1.29, 1.82) is 0 Å². The van der Waals surface area contributed by atoms with Crippen LogP contribution in [0.1, 0.15) is 44.0 Å². The van der Waals surface area contributed by atoms with Crippen LogP contribution in [0.2, 0.25) is 0 Å². The summed E-state index contributed by atoms with van der Waals surface area (Å²) in [5.41, 5.74) is 3.60. The zero-order valence-corrected chi connectivity index (χ0v) is 10.6. The molecule has 2 rings (SSSR count). The van der Waals surface area contributed by atoms with Crippen LogP contribution in [-0.4, -0.2) is 10.2 Å². The summed E-state index contributed by atoms with van der Waals surface area (Å²) < 4.78 is 0. The van der Waals surface area contributed by atoms with Gasteiger partial charge in [0.15, 0.2) is 0 Å². The second-order valence-corrected chi connectivity index (χ2v) is 4.65. The SMILES string of the molecule is CC(C)c1ccc(NC(C)c2ccn[nH]2)cc1. The molecule has 1 aromatic carbocycles. The highest BCUT2D eigenvalue weighted by Crippen LogP contribution is 2.20. The van der Waals surface area contributed by atoms with Crippen LogP contribution >= 0.6 is 0 Å². The van der Waals surface area contributed by atoms with Crippen LogP contribution in [0.5, 0.6) is 0 Å². The average Bonchev–Trinajstić information content (AvgIpc) is 2.83. The van der Waals surface area contributed by atoms with Crippen molar-refractivity contribution in [3.05, 3.63) is 47.8 Å². The van der Waals surface area contributed by atoms with Gasteiger partial charge in [-0.15, -0.1) is 0 Å². The van der Waals surface area contributed by atoms with E-state index in [9.17, 15) is 0 Å². The van der Waals surface area contributed by atoms with Crippen molar-refractivity contribution in [2.75, 3.05) is 5.32 Å². The Hall–Kier alpha value is -1.77. The summed E-state index contributed by atoms with van der Waals surface area (Å²) in [5.74, 6) is 0.578. The molecule has 0 saturated carbocycles. The van der Waals surface area contributed by atoms with Crippen molar-refractivity contribution in [2.24, 2.45) is 0 Å². The molecule has 1 atom stereocenters. The molecule has 90 valence electrons. The van der Waals surface area contributed by atoms with E-state index in [0.717, 1.165) is 11.4 Å². The molecule has 0 saturated heterocycles. The van der Waals surface area contributed by atoms with Crippen molar-refractivity contribution in [3.8, 4) is 0 Å². The predicted octanol–water partition coefficient (Wildman–Crippen LogP) is 3.71. The molecule has 17 heavy (non-hydrogen) atoms. The molecule has 0 aliphatic carbocycles. The number of aromatic nitrogens is 2. The molecule has 0 aliphatic heterocycles. The molecule has 0 amide bonds. The summed E-state index contributed by atoms with van der Waals surface area (Å²) in [7, 11) is 0. The first-order valence-electron chi connectivity index (χ1n) is 6.02. The minimum atomic E-state index is 0.238. The molecule has 0 aliphatic rings. The lowest BCUT2D eigenvalue weighted by molar-refractivity contribution is 0.824. The van der Waals surface area contributed by atoms with E-state index in [2.05, 4.69) is 60.6 Å². The molecule has 0 bridgehead atoms. The van der Waals surface area contributed by atoms with Gasteiger partial charge in [0.2, 0.25) is 0 Å². The van der Waals surface area contributed by atoms with E-state index >= 15 is 0 Å². The Morgan fingerprint density at radius 2 is 1.76 bits per heavy atom. The van der Waals surface area contributed by atoms with Crippen LogP contribution in [0.3, 0.4) is 0 Å². The summed E-state index contributed by atoms with van der Waals surface area (Å²) in [4.78, 5) is 0. The molecule has 1 aromatic heterocycles. The second kappa shape index (κ2) is 5.04. The second-order valence-electron chi connectivity index (χ2n) is 4.65. The lowest BCUT2D eigenvalue weighted by Crippen LogP contribution is -2.07. The van der Waals surface area contributed by atoms with Crippen LogP contribution in [-0.2, 0) is 0 Å². The summed E-state index contributed by atoms with van der Waals surface area (Å²) in [6.07, 6.45) is 1.77. The van der Waals surface area contributed by atoms with Crippen LogP contribution in [0.15, 0.2) is 36.5 Å². The van der Waals surface area contributed by atoms with E-state index in [1.165, 1.54) is 5.56 Å². The number of hydrogen-bond donors (Lipinski definition) is 2. The van der Waals surface area contributed by atoms with E-state index < -0.39 is 0 Å². The fraction of sp³-hybridized carbons (Fsp3) is 0.357. The fourth-order valence-electron chi connectivity index (χ4n) is 1.80. The topological polar surface area (TPSA) is 40.7 Å². The quantitative estimate of drug-likeness (QED) is 0.839. The van der Waals surface area contributed by atoms with E-state index in [4.69, 9.17) is 0 Å². The van der Waals surface area contributed by atoms with Crippen LogP contribution in [0.25, 0.3) is 0 Å². The lowest BCUT2D eigenvalue weighted by Gasteiger charge is -2.14. The normalized spacial score (nSPS) is 12.7. The van der Waals surface area contributed by atoms with E-state index in [-0.39, 0.29) is 6.04 Å². The van der Waals surface area contributed by atoms with Crippen molar-refractivity contribution in [1.82, 2.24) is 10.2 Å². The number of aromatic amines is 1. The first-order chi connectivity index (χ1) is 8.16. The average molecular weight is 229 g/mol. The van der Waals surface area contributed by atoms with Crippen molar-refractivity contribution in [3.63, 3.8) is 0 Å². The van der Waals surface area contributed by atoms with E-state index in [0.29, 0.717) is 5.92 Å². The molecule has 2 aromatic rings. The third-order valence-electron chi connectivity index (χ3n) is 2.95. The molecule has 3 heteroatoms. The van der Waals surface area contributed by atoms with E-state index in [1.807, 2.05) is 6.07 Å². The first kappa shape index (κ1) is 11.7. The van der Waals surface area contributed by atoms with Crippen molar-refractivity contribution in [2.45, 2.75) is 32.7 Å². The van der Waals surface area contributed by atoms with Crippen LogP contribution in [0, 0.1) is 0 Å². The molecule has 1 heterocycles. The summed E-state index contributed by atoms with van der Waals surface area (Å²) >= 11 is 0. The first-order valence-corrected chi connectivity index (χ1v) is 6.02. The van der Waals surface area contributed by atoms with Gasteiger partial charge in [0, 0.05) is 11.9 Å². The minimum absolute atomic E-state index is 0.238. The number of H-pyrrole nitrogens is 1. The maximum absolute atomic E-state index is 3.96. The molecule has 0 radical (unpaired) electrons. The Morgan fingerprint density at radius 3 is 2.29 bits per heavy atom. The van der Waals surface area contributed by atoms with Gasteiger partial charge in [-0.1, -0.05) is 26.0 Å². The van der Waals surface area contributed by atoms with Crippen molar-refractivity contribution >= 4 is 5.69 Å². The zero-order valence-electron chi connectivity index (χ0n) is 10.6. The Bertz CT molecular complexity index is 443. The smallest absolute Gasteiger partial charge is 0.0651 e. The van der Waals surface area contributed by atoms with Gasteiger partial charge in [0.05, 0.1) is 11.7 Å². The highest BCUT2D eigenvalue weighted by atomic mass is 15.1. The van der Waals surface area contributed by atoms with Gasteiger partial charge in [0.1, 0.15) is 0 Å². The fourth-order valence-corrected chi connectivity index (χ4v) is 1.80. The molecule has 0 fully saturated rings. The molecule has 2 N–H and O–H groups in total. The molecular weight excluding hydrogens is 210 g/mol. The van der Waals surface area contributed by atoms with Gasteiger partial charge in [-0.25, -0.2) is 0 Å². The number of nitrogens with zero attached hydrogens (tertiary/aromatic N) is 1. The third-order valence-corrected chi connectivity index (χ3v) is 2.95. The summed E-state index contributed by atoms with van der Waals surface area (Å²) in [6, 6.07) is 10.8. The zero-order chi connectivity index (χ0) is 12.3. The monoisotopic (exact) mass is 229 g/mol. The number of hydrogen-bond acceptors (Lipinski definition) is 2. The number of rotatable bonds is 4. The van der Waals surface area contributed by atoms with E-state index in [1.54, 1.807) is 6.20 Å². The Morgan fingerprint density at radius 1 is 1.06 bits per heavy atom. The van der Waals surface area contributed by atoms with Gasteiger partial charge in [0.25, 0.3) is 0 Å². The highest BCUT2D eigenvalue weighted by Gasteiger charge is 2.06. The Kier molecular flexibility index (Phi) is 3.47. The number of benzene rings is 1. The maximum Gasteiger partial charge on any atom is 0.0651 e. The maximum atomic E-state index is 3.96. The predicted molar refractivity (Wildman–Crippen MR) is 71.2 cm³/mol. The molecule has 0 spiro atoms. The molecule has 1 unspecified atom stereocenters. The Labute approximate surface area is 102 Å². The van der Waals surface area contributed by atoms with Gasteiger partial charge in [-0.05, 0) is 36.6 Å². The molecule has 3 nitrogen and oxygen atoms in total. The third kappa shape index (κ3) is 2.87. The lowest BCUT2D eigenvalue weighted by atomic mass is 10.0. The summed E-state index contributed by atoms with van der Waals surface area (Å²) in [6.45, 7) is 6.52. The van der Waals surface area contributed by atoms with Crippen LogP contribution < -0.4 is 5.32 Å². The number of nitrogens with one attached hydrogen (secondary N) is 2. The molecular formula is C14H19N3.